The van der Waals surface area contributed by atoms with Gasteiger partial charge in [-0.1, -0.05) is 56.1 Å². The summed E-state index contributed by atoms with van der Waals surface area (Å²) < 4.78 is 15.8. The van der Waals surface area contributed by atoms with E-state index in [0.29, 0.717) is 22.5 Å². The first-order chi connectivity index (χ1) is 15.6. The van der Waals surface area contributed by atoms with E-state index < -0.39 is 17.9 Å². The van der Waals surface area contributed by atoms with Crippen LogP contribution in [0.1, 0.15) is 32.3 Å². The fourth-order valence-corrected chi connectivity index (χ4v) is 2.70. The largest absolute Gasteiger partial charge is 0.462 e. The number of hydrogen-bond donors (Lipinski definition) is 0. The van der Waals surface area contributed by atoms with Crippen LogP contribution in [0.5, 0.6) is 5.75 Å². The Morgan fingerprint density at radius 2 is 1.06 bits per heavy atom. The average molecular weight is 449 g/mol. The van der Waals surface area contributed by atoms with Crippen LogP contribution in [0.3, 0.4) is 0 Å². The van der Waals surface area contributed by atoms with Gasteiger partial charge in [-0.2, -0.15) is 0 Å². The number of esters is 3. The Kier molecular flexibility index (Phi) is 8.92. The quantitative estimate of drug-likeness (QED) is 0.284. The topological polar surface area (TPSA) is 78.9 Å². The van der Waals surface area contributed by atoms with Gasteiger partial charge in [-0.25, -0.2) is 14.4 Å². The lowest BCUT2D eigenvalue weighted by molar-refractivity contribution is -0.142. The second-order valence-electron chi connectivity index (χ2n) is 7.77. The fourth-order valence-electron chi connectivity index (χ4n) is 2.70. The van der Waals surface area contributed by atoms with Gasteiger partial charge in [0.25, 0.3) is 0 Å². The number of carbonyl (C=O) groups is 3. The molecule has 0 atom stereocenters. The van der Waals surface area contributed by atoms with E-state index in [4.69, 9.17) is 14.2 Å². The zero-order valence-corrected chi connectivity index (χ0v) is 19.2. The summed E-state index contributed by atoms with van der Waals surface area (Å²) in [5, 5.41) is 0. The number of ether oxygens (including phenoxy) is 3. The minimum absolute atomic E-state index is 0.0390. The molecule has 0 aromatic heterocycles. The lowest BCUT2D eigenvalue weighted by Crippen LogP contribution is -2.20. The van der Waals surface area contributed by atoms with Crippen molar-refractivity contribution in [2.45, 2.75) is 26.7 Å². The van der Waals surface area contributed by atoms with Gasteiger partial charge in [-0.05, 0) is 49.6 Å². The Morgan fingerprint density at radius 1 is 0.667 bits per heavy atom. The Bertz CT molecular complexity index is 1030. The zero-order valence-electron chi connectivity index (χ0n) is 19.2. The van der Waals surface area contributed by atoms with Gasteiger partial charge in [0.1, 0.15) is 19.0 Å². The Morgan fingerprint density at radius 3 is 1.45 bits per heavy atom. The van der Waals surface area contributed by atoms with Crippen molar-refractivity contribution in [3.63, 3.8) is 0 Å². The number of rotatable bonds is 10. The smallest absolute Gasteiger partial charge is 0.338 e. The molecule has 0 aliphatic rings. The maximum Gasteiger partial charge on any atom is 0.338 e. The van der Waals surface area contributed by atoms with Crippen LogP contribution in [0.15, 0.2) is 85.0 Å². The standard InChI is InChI=1S/C27H28O6/c1-17(2)25(28)31-15-23(16-32-26(29)18(3)4)22-9-7-20(8-10-22)21-11-13-24(14-12-21)33-27(30)19(5)6/h7-14,23H,1,3,5,15-16H2,2,4,6H3. The summed E-state index contributed by atoms with van der Waals surface area (Å²) in [6.07, 6.45) is 0. The first kappa shape index (κ1) is 25.3. The van der Waals surface area contributed by atoms with Crippen molar-refractivity contribution in [3.8, 4) is 16.9 Å². The summed E-state index contributed by atoms with van der Waals surface area (Å²) >= 11 is 0. The van der Waals surface area contributed by atoms with Crippen molar-refractivity contribution < 1.29 is 28.6 Å². The number of carbonyl (C=O) groups excluding carboxylic acids is 3. The summed E-state index contributed by atoms with van der Waals surface area (Å²) in [5.74, 6) is -1.40. The lowest BCUT2D eigenvalue weighted by atomic mass is 9.97. The molecule has 172 valence electrons. The van der Waals surface area contributed by atoms with Crippen LogP contribution in [0, 0.1) is 0 Å². The van der Waals surface area contributed by atoms with Crippen molar-refractivity contribution in [2.24, 2.45) is 0 Å². The molecule has 0 aliphatic heterocycles. The molecule has 0 aliphatic carbocycles. The average Bonchev–Trinajstić information content (AvgIpc) is 2.79. The molecule has 0 N–H and O–H groups in total. The van der Waals surface area contributed by atoms with Crippen molar-refractivity contribution in [1.82, 2.24) is 0 Å². The predicted octanol–water partition coefficient (Wildman–Crippen LogP) is 5.16. The molecule has 2 rings (SSSR count). The summed E-state index contributed by atoms with van der Waals surface area (Å²) in [5.41, 5.74) is 3.62. The van der Waals surface area contributed by atoms with Crippen LogP contribution in [0.25, 0.3) is 11.1 Å². The van der Waals surface area contributed by atoms with Crippen molar-refractivity contribution >= 4 is 17.9 Å². The molecule has 33 heavy (non-hydrogen) atoms. The number of hydrogen-bond acceptors (Lipinski definition) is 6. The van der Waals surface area contributed by atoms with Crippen molar-refractivity contribution in [2.75, 3.05) is 13.2 Å². The molecule has 0 radical (unpaired) electrons. The van der Waals surface area contributed by atoms with Crippen molar-refractivity contribution in [1.29, 1.82) is 0 Å². The van der Waals surface area contributed by atoms with Crippen LogP contribution >= 0.6 is 0 Å². The maximum atomic E-state index is 11.8. The highest BCUT2D eigenvalue weighted by Crippen LogP contribution is 2.26. The third-order valence-corrected chi connectivity index (χ3v) is 4.66. The Hall–Kier alpha value is -3.93. The molecule has 6 heteroatoms. The van der Waals surface area contributed by atoms with Gasteiger partial charge < -0.3 is 14.2 Å². The minimum atomic E-state index is -0.504. The van der Waals surface area contributed by atoms with Gasteiger partial charge in [0, 0.05) is 16.7 Å². The molecule has 0 fully saturated rings. The van der Waals surface area contributed by atoms with Crippen LogP contribution in [0.4, 0.5) is 0 Å². The number of benzene rings is 2. The second-order valence-corrected chi connectivity index (χ2v) is 7.77. The molecule has 6 nitrogen and oxygen atoms in total. The summed E-state index contributed by atoms with van der Waals surface area (Å²) in [4.78, 5) is 35.3. The highest BCUT2D eigenvalue weighted by atomic mass is 16.5. The van der Waals surface area contributed by atoms with E-state index in [1.54, 1.807) is 32.9 Å². The summed E-state index contributed by atoms with van der Waals surface area (Å²) in [7, 11) is 0. The molecule has 0 saturated heterocycles. The predicted molar refractivity (Wildman–Crippen MR) is 127 cm³/mol. The molecule has 0 saturated carbocycles. The zero-order chi connectivity index (χ0) is 24.5. The van der Waals surface area contributed by atoms with E-state index in [0.717, 1.165) is 16.7 Å². The van der Waals surface area contributed by atoms with Gasteiger partial charge in [0.05, 0.1) is 5.92 Å². The van der Waals surface area contributed by atoms with E-state index in [1.165, 1.54) is 0 Å². The second kappa shape index (κ2) is 11.6. The van der Waals surface area contributed by atoms with E-state index >= 15 is 0 Å². The summed E-state index contributed by atoms with van der Waals surface area (Å²) in [6, 6.07) is 14.7. The van der Waals surface area contributed by atoms with Crippen LogP contribution in [0.2, 0.25) is 0 Å². The van der Waals surface area contributed by atoms with Crippen LogP contribution < -0.4 is 4.74 Å². The third kappa shape index (κ3) is 7.61. The van der Waals surface area contributed by atoms with E-state index in [1.807, 2.05) is 36.4 Å². The molecule has 0 heterocycles. The van der Waals surface area contributed by atoms with E-state index in [2.05, 4.69) is 19.7 Å². The molecular formula is C27H28O6. The lowest BCUT2D eigenvalue weighted by Gasteiger charge is -2.18. The third-order valence-electron chi connectivity index (χ3n) is 4.66. The first-order valence-corrected chi connectivity index (χ1v) is 10.3. The minimum Gasteiger partial charge on any atom is -0.462 e. The molecular weight excluding hydrogens is 420 g/mol. The maximum absolute atomic E-state index is 11.8. The van der Waals surface area contributed by atoms with Gasteiger partial charge in [-0.15, -0.1) is 0 Å². The van der Waals surface area contributed by atoms with Crippen molar-refractivity contribution in [3.05, 3.63) is 90.6 Å². The highest BCUT2D eigenvalue weighted by Gasteiger charge is 2.18. The van der Waals surface area contributed by atoms with Gasteiger partial charge in [-0.3, -0.25) is 0 Å². The van der Waals surface area contributed by atoms with E-state index in [9.17, 15) is 14.4 Å². The molecule has 2 aromatic carbocycles. The normalized spacial score (nSPS) is 10.3. The van der Waals surface area contributed by atoms with E-state index in [-0.39, 0.29) is 19.1 Å². The molecule has 0 spiro atoms. The molecule has 0 unspecified atom stereocenters. The van der Waals surface area contributed by atoms with Crippen LogP contribution in [-0.2, 0) is 23.9 Å². The monoisotopic (exact) mass is 448 g/mol. The Balaban J connectivity index is 2.15. The molecule has 0 amide bonds. The van der Waals surface area contributed by atoms with Gasteiger partial charge in [0.2, 0.25) is 0 Å². The summed E-state index contributed by atoms with van der Waals surface area (Å²) in [6.45, 7) is 15.5. The SMILES string of the molecule is C=C(C)C(=O)OCC(COC(=O)C(=C)C)c1ccc(-c2ccc(OC(=O)C(=C)C)cc2)cc1. The Labute approximate surface area is 194 Å². The van der Waals surface area contributed by atoms with Gasteiger partial charge in [0.15, 0.2) is 0 Å². The van der Waals surface area contributed by atoms with Crippen LogP contribution in [-0.4, -0.2) is 31.1 Å². The molecule has 0 bridgehead atoms. The molecule has 2 aromatic rings. The highest BCUT2D eigenvalue weighted by molar-refractivity contribution is 5.89. The fraction of sp³-hybridized carbons (Fsp3) is 0.222. The first-order valence-electron chi connectivity index (χ1n) is 10.3. The van der Waals surface area contributed by atoms with Gasteiger partial charge >= 0.3 is 17.9 Å².